The minimum absolute atomic E-state index is 0.208. The first-order chi connectivity index (χ1) is 14.9. The van der Waals surface area contributed by atoms with Gasteiger partial charge in [-0.1, -0.05) is 66.7 Å². The minimum Gasteiger partial charge on any atom is -0.336 e. The number of rotatable bonds is 7. The van der Waals surface area contributed by atoms with Gasteiger partial charge >= 0.3 is 0 Å². The van der Waals surface area contributed by atoms with Crippen LogP contribution in [-0.2, 0) is 16.7 Å². The fourth-order valence-electron chi connectivity index (χ4n) is 3.97. The van der Waals surface area contributed by atoms with E-state index in [1.807, 2.05) is 6.07 Å². The molecule has 3 aromatic rings. The van der Waals surface area contributed by atoms with Crippen LogP contribution in [0.4, 0.5) is 11.4 Å². The maximum atomic E-state index is 11.0. The highest BCUT2D eigenvalue weighted by Gasteiger charge is 2.27. The summed E-state index contributed by atoms with van der Waals surface area (Å²) in [6.45, 7) is 2.87. The van der Waals surface area contributed by atoms with Crippen molar-refractivity contribution in [2.45, 2.75) is 19.9 Å². The minimum atomic E-state index is -3.92. The fraction of sp³-hybridized carbons (Fsp3) is 0.200. The lowest BCUT2D eigenvalue weighted by Gasteiger charge is -2.35. The molecule has 0 radical (unpaired) electrons. The number of hydrogen-bond acceptors (Lipinski definition) is 4. The molecular weight excluding hydrogens is 426 g/mol. The summed E-state index contributed by atoms with van der Waals surface area (Å²) in [5.41, 5.74) is 7.12. The van der Waals surface area contributed by atoms with E-state index in [9.17, 15) is 8.42 Å². The van der Waals surface area contributed by atoms with E-state index >= 15 is 0 Å². The van der Waals surface area contributed by atoms with Gasteiger partial charge in [-0.2, -0.15) is 8.42 Å². The molecule has 1 aliphatic rings. The molecule has 0 amide bonds. The zero-order chi connectivity index (χ0) is 21.8. The molecule has 160 valence electrons. The number of anilines is 2. The van der Waals surface area contributed by atoms with Gasteiger partial charge in [0.05, 0.1) is 5.75 Å². The largest absolute Gasteiger partial charge is 0.336 e. The third kappa shape index (κ3) is 5.03. The van der Waals surface area contributed by atoms with Crippen LogP contribution in [0.1, 0.15) is 30.0 Å². The molecule has 0 aromatic heterocycles. The topological polar surface area (TPSA) is 57.6 Å². The highest BCUT2D eigenvalue weighted by molar-refractivity contribution is 8.03. The second-order valence-electron chi connectivity index (χ2n) is 7.53. The molecule has 0 aliphatic carbocycles. The SMILES string of the molecule is CC(SCCCS(=O)(=O)O)=C1c2ccccc2N(Cc2ccccc2)c2ccccc21. The smallest absolute Gasteiger partial charge is 0.264 e. The van der Waals surface area contributed by atoms with E-state index in [0.717, 1.165) is 22.8 Å². The number of fused-ring (bicyclic) bond motifs is 2. The van der Waals surface area contributed by atoms with Crippen molar-refractivity contribution in [3.63, 3.8) is 0 Å². The summed E-state index contributed by atoms with van der Waals surface area (Å²) in [7, 11) is -3.92. The Morgan fingerprint density at radius 1 is 0.871 bits per heavy atom. The molecule has 0 fully saturated rings. The zero-order valence-electron chi connectivity index (χ0n) is 17.4. The lowest BCUT2D eigenvalue weighted by molar-refractivity contribution is 0.482. The van der Waals surface area contributed by atoms with Crippen LogP contribution in [0.5, 0.6) is 0 Å². The average Bonchev–Trinajstić information content (AvgIpc) is 2.76. The molecule has 0 saturated carbocycles. The second kappa shape index (κ2) is 9.30. The highest BCUT2D eigenvalue weighted by Crippen LogP contribution is 2.48. The summed E-state index contributed by atoms with van der Waals surface area (Å²) in [4.78, 5) is 3.51. The standard InChI is InChI=1S/C25H25NO3S2/c1-19(30-16-9-17-31(27,28)29)25-21-12-5-7-14-23(21)26(18-20-10-3-2-4-11-20)24-15-8-6-13-22(24)25/h2-8,10-15H,9,16-18H2,1H3,(H,27,28,29). The third-order valence-electron chi connectivity index (χ3n) is 5.33. The van der Waals surface area contributed by atoms with Gasteiger partial charge in [0.25, 0.3) is 10.1 Å². The van der Waals surface area contributed by atoms with Crippen molar-refractivity contribution in [1.29, 1.82) is 0 Å². The number of nitrogens with zero attached hydrogens (tertiary/aromatic N) is 1. The highest BCUT2D eigenvalue weighted by atomic mass is 32.2. The quantitative estimate of drug-likeness (QED) is 0.346. The van der Waals surface area contributed by atoms with Gasteiger partial charge in [0.15, 0.2) is 0 Å². The summed E-state index contributed by atoms with van der Waals surface area (Å²) < 4.78 is 31.0. The molecular formula is C25H25NO3S2. The molecule has 31 heavy (non-hydrogen) atoms. The Kier molecular flexibility index (Phi) is 6.51. The molecule has 0 unspecified atom stereocenters. The molecule has 1 N–H and O–H groups in total. The van der Waals surface area contributed by atoms with Gasteiger partial charge in [0.1, 0.15) is 0 Å². The summed E-state index contributed by atoms with van der Waals surface area (Å²) >= 11 is 1.64. The van der Waals surface area contributed by atoms with Gasteiger partial charge < -0.3 is 4.90 Å². The van der Waals surface area contributed by atoms with E-state index < -0.39 is 10.1 Å². The van der Waals surface area contributed by atoms with E-state index in [1.165, 1.54) is 22.3 Å². The summed E-state index contributed by atoms with van der Waals surface area (Å²) in [6.07, 6.45) is 0.414. The van der Waals surface area contributed by atoms with Crippen molar-refractivity contribution in [1.82, 2.24) is 0 Å². The van der Waals surface area contributed by atoms with Gasteiger partial charge in [0.2, 0.25) is 0 Å². The van der Waals surface area contributed by atoms with Gasteiger partial charge in [0, 0.05) is 34.6 Å². The number of benzene rings is 3. The predicted molar refractivity (Wildman–Crippen MR) is 130 cm³/mol. The Bertz CT molecular complexity index is 1150. The lowest BCUT2D eigenvalue weighted by atomic mass is 9.89. The van der Waals surface area contributed by atoms with Gasteiger partial charge in [-0.3, -0.25) is 4.55 Å². The first kappa shape index (κ1) is 21.7. The number of thioether (sulfide) groups is 1. The van der Waals surface area contributed by atoms with Crippen LogP contribution in [0.2, 0.25) is 0 Å². The van der Waals surface area contributed by atoms with Crippen LogP contribution in [0.25, 0.3) is 5.57 Å². The van der Waals surface area contributed by atoms with Crippen LogP contribution in [0.15, 0.2) is 83.8 Å². The monoisotopic (exact) mass is 451 g/mol. The Balaban J connectivity index is 1.72. The molecule has 0 atom stereocenters. The first-order valence-corrected chi connectivity index (χ1v) is 12.8. The molecule has 6 heteroatoms. The summed E-state index contributed by atoms with van der Waals surface area (Å²) in [5, 5.41) is 0. The van der Waals surface area contributed by atoms with E-state index in [2.05, 4.69) is 84.6 Å². The van der Waals surface area contributed by atoms with Crippen LogP contribution in [0.3, 0.4) is 0 Å². The maximum Gasteiger partial charge on any atom is 0.264 e. The molecule has 0 spiro atoms. The maximum absolute atomic E-state index is 11.0. The number of hydrogen-bond donors (Lipinski definition) is 1. The Morgan fingerprint density at radius 3 is 2.00 bits per heavy atom. The third-order valence-corrected chi connectivity index (χ3v) is 7.26. The fourth-order valence-corrected chi connectivity index (χ4v) is 5.62. The van der Waals surface area contributed by atoms with Crippen molar-refractivity contribution >= 4 is 38.8 Å². The molecule has 4 rings (SSSR count). The second-order valence-corrected chi connectivity index (χ2v) is 10.4. The van der Waals surface area contributed by atoms with E-state index in [-0.39, 0.29) is 5.75 Å². The van der Waals surface area contributed by atoms with Crippen molar-refractivity contribution in [3.8, 4) is 0 Å². The Labute approximate surface area is 188 Å². The molecule has 0 bridgehead atoms. The Morgan fingerprint density at radius 2 is 1.42 bits per heavy atom. The zero-order valence-corrected chi connectivity index (χ0v) is 19.0. The van der Waals surface area contributed by atoms with Crippen LogP contribution >= 0.6 is 11.8 Å². The van der Waals surface area contributed by atoms with Crippen molar-refractivity contribution in [2.75, 3.05) is 16.4 Å². The molecule has 1 heterocycles. The summed E-state index contributed by atoms with van der Waals surface area (Å²) in [6, 6.07) is 27.3. The normalized spacial score (nSPS) is 13.0. The van der Waals surface area contributed by atoms with Crippen molar-refractivity contribution in [2.24, 2.45) is 0 Å². The van der Waals surface area contributed by atoms with Crippen LogP contribution in [0, 0.1) is 0 Å². The number of para-hydroxylation sites is 2. The first-order valence-electron chi connectivity index (χ1n) is 10.2. The molecule has 4 nitrogen and oxygen atoms in total. The lowest BCUT2D eigenvalue weighted by Crippen LogP contribution is -2.22. The van der Waals surface area contributed by atoms with Gasteiger partial charge in [-0.25, -0.2) is 0 Å². The molecule has 3 aromatic carbocycles. The predicted octanol–water partition coefficient (Wildman–Crippen LogP) is 6.13. The molecule has 1 aliphatic heterocycles. The van der Waals surface area contributed by atoms with E-state index in [0.29, 0.717) is 12.2 Å². The van der Waals surface area contributed by atoms with Crippen molar-refractivity contribution < 1.29 is 13.0 Å². The van der Waals surface area contributed by atoms with E-state index in [1.54, 1.807) is 11.8 Å². The van der Waals surface area contributed by atoms with E-state index in [4.69, 9.17) is 4.55 Å². The summed E-state index contributed by atoms with van der Waals surface area (Å²) in [5.74, 6) is 0.424. The molecule has 0 saturated heterocycles. The van der Waals surface area contributed by atoms with Crippen LogP contribution in [-0.4, -0.2) is 24.5 Å². The van der Waals surface area contributed by atoms with Crippen molar-refractivity contribution in [3.05, 3.63) is 100 Å². The van der Waals surface area contributed by atoms with Gasteiger partial charge in [-0.05, 0) is 41.7 Å². The average molecular weight is 452 g/mol. The van der Waals surface area contributed by atoms with Crippen LogP contribution < -0.4 is 4.90 Å². The Hall–Kier alpha value is -2.54. The van der Waals surface area contributed by atoms with Gasteiger partial charge in [-0.15, -0.1) is 11.8 Å². The number of allylic oxidation sites excluding steroid dienone is 1.